The molecule has 0 unspecified atom stereocenters. The number of carbonyl (C=O) groups excluding carboxylic acids is 4. The number of anilines is 1. The number of benzene rings is 2. The molecule has 0 aliphatic carbocycles. The Morgan fingerprint density at radius 2 is 1.70 bits per heavy atom. The monoisotopic (exact) mass is 381 g/mol. The molecule has 1 saturated heterocycles. The Balaban J connectivity index is 1.69. The van der Waals surface area contributed by atoms with Crippen LogP contribution in [0.4, 0.5) is 10.5 Å². The van der Waals surface area contributed by atoms with Gasteiger partial charge >= 0.3 is 0 Å². The predicted octanol–water partition coefficient (Wildman–Crippen LogP) is 1.73. The fraction of sp³-hybridized carbons (Fsp3) is 0.0526. The van der Waals surface area contributed by atoms with Gasteiger partial charge in [-0.15, -0.1) is 0 Å². The molecule has 8 heteroatoms. The number of imide groups is 1. The zero-order valence-corrected chi connectivity index (χ0v) is 14.7. The van der Waals surface area contributed by atoms with Crippen LogP contribution in [-0.2, 0) is 9.59 Å². The van der Waals surface area contributed by atoms with E-state index in [1.807, 2.05) is 0 Å². The quantitative estimate of drug-likeness (QED) is 0.791. The highest BCUT2D eigenvalue weighted by atomic mass is 32.2. The Kier molecular flexibility index (Phi) is 5.37. The number of para-hydroxylation sites is 1. The molecule has 3 rings (SSSR count). The summed E-state index contributed by atoms with van der Waals surface area (Å²) in [5.74, 6) is -2.36. The SMILES string of the molecule is O=C(CN1C(=O)S/C(=C/c2ccc(C(=O)[O-])cc2)C1=O)Nc1ccccc1. The van der Waals surface area contributed by atoms with E-state index in [9.17, 15) is 24.3 Å². The van der Waals surface area contributed by atoms with Crippen molar-refractivity contribution in [2.75, 3.05) is 11.9 Å². The molecule has 1 aliphatic rings. The van der Waals surface area contributed by atoms with E-state index in [0.29, 0.717) is 11.3 Å². The van der Waals surface area contributed by atoms with Crippen molar-refractivity contribution in [3.63, 3.8) is 0 Å². The highest BCUT2D eigenvalue weighted by Gasteiger charge is 2.36. The summed E-state index contributed by atoms with van der Waals surface area (Å²) >= 11 is 0.725. The number of amides is 3. The lowest BCUT2D eigenvalue weighted by molar-refractivity contribution is -0.255. The molecule has 1 N–H and O–H groups in total. The molecule has 0 atom stereocenters. The summed E-state index contributed by atoms with van der Waals surface area (Å²) < 4.78 is 0. The standard InChI is InChI=1S/C19H14N2O5S/c22-16(20-14-4-2-1-3-5-14)11-21-17(23)15(27-19(21)26)10-12-6-8-13(9-7-12)18(24)25/h1-10H,11H2,(H,20,22)(H,24,25)/p-1/b15-10+. The van der Waals surface area contributed by atoms with Crippen molar-refractivity contribution in [3.05, 3.63) is 70.6 Å². The maximum absolute atomic E-state index is 12.4. The fourth-order valence-electron chi connectivity index (χ4n) is 2.37. The number of carboxylic acid groups (broad SMARTS) is 1. The van der Waals surface area contributed by atoms with Gasteiger partial charge < -0.3 is 15.2 Å². The first-order valence-corrected chi connectivity index (χ1v) is 8.67. The van der Waals surface area contributed by atoms with Crippen LogP contribution < -0.4 is 10.4 Å². The topological polar surface area (TPSA) is 107 Å². The summed E-state index contributed by atoms with van der Waals surface area (Å²) in [6, 6.07) is 14.4. The summed E-state index contributed by atoms with van der Waals surface area (Å²) in [5.41, 5.74) is 1.13. The van der Waals surface area contributed by atoms with Gasteiger partial charge in [0, 0.05) is 5.69 Å². The number of rotatable bonds is 5. The number of carbonyl (C=O) groups is 4. The lowest BCUT2D eigenvalue weighted by Gasteiger charge is -2.12. The van der Waals surface area contributed by atoms with Crippen LogP contribution in [0, 0.1) is 0 Å². The summed E-state index contributed by atoms with van der Waals surface area (Å²) in [6.45, 7) is -0.388. The zero-order valence-electron chi connectivity index (χ0n) is 13.9. The highest BCUT2D eigenvalue weighted by Crippen LogP contribution is 2.32. The molecule has 2 aromatic rings. The number of hydrogen-bond donors (Lipinski definition) is 1. The largest absolute Gasteiger partial charge is 0.545 e. The smallest absolute Gasteiger partial charge is 0.294 e. The second-order valence-corrected chi connectivity index (χ2v) is 6.58. The van der Waals surface area contributed by atoms with Crippen molar-refractivity contribution >= 4 is 46.5 Å². The van der Waals surface area contributed by atoms with E-state index < -0.39 is 23.0 Å². The molecule has 1 fully saturated rings. The Labute approximate surface area is 158 Å². The Hall–Kier alpha value is -3.39. The molecule has 136 valence electrons. The van der Waals surface area contributed by atoms with Crippen LogP contribution in [0.25, 0.3) is 6.08 Å². The zero-order chi connectivity index (χ0) is 19.4. The Morgan fingerprint density at radius 1 is 1.04 bits per heavy atom. The number of aromatic carboxylic acids is 1. The van der Waals surface area contributed by atoms with Gasteiger partial charge in [0.1, 0.15) is 6.54 Å². The lowest BCUT2D eigenvalue weighted by atomic mass is 10.1. The van der Waals surface area contributed by atoms with Gasteiger partial charge in [0.05, 0.1) is 10.9 Å². The van der Waals surface area contributed by atoms with Crippen LogP contribution in [0.15, 0.2) is 59.5 Å². The van der Waals surface area contributed by atoms with Crippen LogP contribution in [0.3, 0.4) is 0 Å². The van der Waals surface area contributed by atoms with E-state index in [1.165, 1.54) is 30.3 Å². The molecular weight excluding hydrogens is 368 g/mol. The number of nitrogens with zero attached hydrogens (tertiary/aromatic N) is 1. The van der Waals surface area contributed by atoms with Gasteiger partial charge in [-0.2, -0.15) is 0 Å². The van der Waals surface area contributed by atoms with Crippen LogP contribution in [0.2, 0.25) is 0 Å². The second kappa shape index (κ2) is 7.88. The second-order valence-electron chi connectivity index (χ2n) is 5.59. The van der Waals surface area contributed by atoms with Crippen LogP contribution in [0.5, 0.6) is 0 Å². The third-order valence-corrected chi connectivity index (χ3v) is 4.58. The minimum Gasteiger partial charge on any atom is -0.545 e. The normalized spacial score (nSPS) is 15.3. The molecule has 1 heterocycles. The third kappa shape index (κ3) is 4.42. The van der Waals surface area contributed by atoms with Crippen molar-refractivity contribution in [1.82, 2.24) is 4.90 Å². The molecule has 3 amide bonds. The van der Waals surface area contributed by atoms with E-state index in [-0.39, 0.29) is 17.0 Å². The van der Waals surface area contributed by atoms with Gasteiger partial charge in [0.25, 0.3) is 11.1 Å². The van der Waals surface area contributed by atoms with Crippen molar-refractivity contribution < 1.29 is 24.3 Å². The maximum Gasteiger partial charge on any atom is 0.294 e. The lowest BCUT2D eigenvalue weighted by Crippen LogP contribution is -2.36. The van der Waals surface area contributed by atoms with E-state index in [1.54, 1.807) is 30.3 Å². The van der Waals surface area contributed by atoms with Crippen molar-refractivity contribution in [2.45, 2.75) is 0 Å². The summed E-state index contributed by atoms with van der Waals surface area (Å²) in [6.07, 6.45) is 1.47. The first-order chi connectivity index (χ1) is 12.9. The predicted molar refractivity (Wildman–Crippen MR) is 98.5 cm³/mol. The molecule has 0 radical (unpaired) electrons. The van der Waals surface area contributed by atoms with E-state index >= 15 is 0 Å². The molecule has 7 nitrogen and oxygen atoms in total. The summed E-state index contributed by atoms with van der Waals surface area (Å²) in [5, 5.41) is 12.8. The van der Waals surface area contributed by atoms with Crippen LogP contribution in [-0.4, -0.2) is 34.5 Å². The number of nitrogens with one attached hydrogen (secondary N) is 1. The minimum absolute atomic E-state index is 0.0119. The van der Waals surface area contributed by atoms with Crippen LogP contribution >= 0.6 is 11.8 Å². The average Bonchev–Trinajstić information content (AvgIpc) is 2.90. The molecule has 0 aromatic heterocycles. The van der Waals surface area contributed by atoms with Crippen molar-refractivity contribution in [3.8, 4) is 0 Å². The maximum atomic E-state index is 12.4. The number of thioether (sulfide) groups is 1. The third-order valence-electron chi connectivity index (χ3n) is 3.68. The molecule has 1 aliphatic heterocycles. The average molecular weight is 381 g/mol. The molecule has 2 aromatic carbocycles. The summed E-state index contributed by atoms with van der Waals surface area (Å²) in [4.78, 5) is 48.4. The van der Waals surface area contributed by atoms with Crippen molar-refractivity contribution in [2.24, 2.45) is 0 Å². The van der Waals surface area contributed by atoms with Crippen LogP contribution in [0.1, 0.15) is 15.9 Å². The molecular formula is C19H13N2O5S-. The molecule has 0 saturated carbocycles. The molecule has 27 heavy (non-hydrogen) atoms. The van der Waals surface area contributed by atoms with E-state index in [2.05, 4.69) is 5.32 Å². The van der Waals surface area contributed by atoms with Gasteiger partial charge in [-0.1, -0.05) is 42.5 Å². The first-order valence-electron chi connectivity index (χ1n) is 7.86. The summed E-state index contributed by atoms with van der Waals surface area (Å²) in [7, 11) is 0. The van der Waals surface area contributed by atoms with Gasteiger partial charge in [0.2, 0.25) is 5.91 Å². The van der Waals surface area contributed by atoms with Gasteiger partial charge in [-0.25, -0.2) is 0 Å². The van der Waals surface area contributed by atoms with E-state index in [0.717, 1.165) is 16.7 Å². The molecule has 0 spiro atoms. The minimum atomic E-state index is -1.30. The van der Waals surface area contributed by atoms with E-state index in [4.69, 9.17) is 0 Å². The van der Waals surface area contributed by atoms with Gasteiger partial charge in [0.15, 0.2) is 0 Å². The Bertz CT molecular complexity index is 938. The Morgan fingerprint density at radius 3 is 2.33 bits per heavy atom. The number of hydrogen-bond acceptors (Lipinski definition) is 6. The van der Waals surface area contributed by atoms with Gasteiger partial charge in [-0.05, 0) is 41.1 Å². The van der Waals surface area contributed by atoms with Crippen molar-refractivity contribution in [1.29, 1.82) is 0 Å². The molecule has 0 bridgehead atoms. The highest BCUT2D eigenvalue weighted by molar-refractivity contribution is 8.18. The fourth-order valence-corrected chi connectivity index (χ4v) is 3.21. The number of carboxylic acids is 1. The first kappa shape index (κ1) is 18.4. The van der Waals surface area contributed by atoms with Gasteiger partial charge in [-0.3, -0.25) is 19.3 Å².